The minimum absolute atomic E-state index is 0.0144. The van der Waals surface area contributed by atoms with Crippen LogP contribution in [0, 0.1) is 11.3 Å². The van der Waals surface area contributed by atoms with Crippen LogP contribution in [0.15, 0.2) is 64.0 Å². The van der Waals surface area contributed by atoms with Gasteiger partial charge in [0.25, 0.3) is 0 Å². The minimum Gasteiger partial charge on any atom is -0.504 e. The normalized spacial score (nSPS) is 13.2. The van der Waals surface area contributed by atoms with Crippen molar-refractivity contribution in [1.29, 1.82) is 5.26 Å². The molecule has 0 bridgehead atoms. The zero-order valence-corrected chi connectivity index (χ0v) is 19.0. The number of rotatable bonds is 5. The fraction of sp³-hybridized carbons (Fsp3) is 0.111. The molecule has 3 heterocycles. The van der Waals surface area contributed by atoms with E-state index in [1.54, 1.807) is 30.3 Å². The highest BCUT2D eigenvalue weighted by molar-refractivity contribution is 5.91. The lowest BCUT2D eigenvalue weighted by atomic mass is 9.97. The molecule has 9 heteroatoms. The first-order valence-electron chi connectivity index (χ1n) is 10.9. The van der Waals surface area contributed by atoms with Crippen molar-refractivity contribution < 1.29 is 33.2 Å². The molecule has 0 atom stereocenters. The van der Waals surface area contributed by atoms with Crippen LogP contribution in [0.3, 0.4) is 0 Å². The molecule has 0 unspecified atom stereocenters. The van der Waals surface area contributed by atoms with Gasteiger partial charge in [-0.05, 0) is 59.7 Å². The number of furan rings is 1. The molecule has 6 rings (SSSR count). The van der Waals surface area contributed by atoms with E-state index in [0.29, 0.717) is 56.8 Å². The molecule has 0 fully saturated rings. The van der Waals surface area contributed by atoms with Crippen LogP contribution in [0.4, 0.5) is 5.88 Å². The monoisotopic (exact) mass is 482 g/mol. The molecule has 0 saturated heterocycles. The van der Waals surface area contributed by atoms with Crippen LogP contribution < -0.4 is 23.7 Å². The summed E-state index contributed by atoms with van der Waals surface area (Å²) in [6.45, 7) is 0.275. The maximum atomic E-state index is 10.1. The molecule has 0 spiro atoms. The van der Waals surface area contributed by atoms with Crippen molar-refractivity contribution in [1.82, 2.24) is 0 Å². The third-order valence-electron chi connectivity index (χ3n) is 5.83. The van der Waals surface area contributed by atoms with Gasteiger partial charge in [-0.15, -0.1) is 0 Å². The fourth-order valence-corrected chi connectivity index (χ4v) is 4.09. The molecule has 9 nitrogen and oxygen atoms in total. The Morgan fingerprint density at radius 1 is 0.889 bits per heavy atom. The lowest BCUT2D eigenvalue weighted by Crippen LogP contribution is -1.93. The first-order chi connectivity index (χ1) is 17.6. The summed E-state index contributed by atoms with van der Waals surface area (Å²) in [5, 5.41) is 20.0. The maximum Gasteiger partial charge on any atom is 0.238 e. The van der Waals surface area contributed by atoms with E-state index < -0.39 is 0 Å². The predicted octanol–water partition coefficient (Wildman–Crippen LogP) is 5.41. The first kappa shape index (κ1) is 21.4. The molecule has 1 N–H and O–H groups in total. The summed E-state index contributed by atoms with van der Waals surface area (Å²) in [7, 11) is 1.46. The van der Waals surface area contributed by atoms with Crippen molar-refractivity contribution in [2.75, 3.05) is 20.7 Å². The van der Waals surface area contributed by atoms with Crippen LogP contribution in [0.1, 0.15) is 11.1 Å². The zero-order chi connectivity index (χ0) is 24.6. The SMILES string of the molecule is COc1cc(C=Nc2oc(-c3ccc4c(c3)OCO4)c(-c3ccc4c(c3)OCO4)c2C#N)ccc1O. The molecule has 0 aliphatic carbocycles. The lowest BCUT2D eigenvalue weighted by Gasteiger charge is -2.06. The standard InChI is InChI=1S/C27H18N2O7/c1-31-22-8-15(2-5-19(22)30)12-29-27-18(11-28)25(16-3-6-20-23(9-16)34-13-32-20)26(36-27)17-4-7-21-24(10-17)35-14-33-21/h2-10,12,30H,13-14H2,1H3. The van der Waals surface area contributed by atoms with Crippen LogP contribution in [-0.2, 0) is 0 Å². The van der Waals surface area contributed by atoms with E-state index in [1.807, 2.05) is 18.2 Å². The van der Waals surface area contributed by atoms with Gasteiger partial charge in [0.15, 0.2) is 34.5 Å². The molecule has 2 aliphatic rings. The number of hydrogen-bond acceptors (Lipinski definition) is 9. The van der Waals surface area contributed by atoms with Crippen LogP contribution in [0.2, 0.25) is 0 Å². The molecule has 0 amide bonds. The second kappa shape index (κ2) is 8.60. The summed E-state index contributed by atoms with van der Waals surface area (Å²) in [4.78, 5) is 4.47. The second-order valence-electron chi connectivity index (χ2n) is 7.92. The van der Waals surface area contributed by atoms with Crippen LogP contribution in [0.5, 0.6) is 34.5 Å². The summed E-state index contributed by atoms with van der Waals surface area (Å²) < 4.78 is 33.3. The van der Waals surface area contributed by atoms with Gasteiger partial charge < -0.3 is 33.2 Å². The Labute approximate surface area is 205 Å². The smallest absolute Gasteiger partial charge is 0.238 e. The van der Waals surface area contributed by atoms with Crippen molar-refractivity contribution in [3.8, 4) is 63.0 Å². The summed E-state index contributed by atoms with van der Waals surface area (Å²) in [6, 6.07) is 17.9. The molecular formula is C27H18N2O7. The zero-order valence-electron chi connectivity index (χ0n) is 19.0. The Balaban J connectivity index is 1.50. The van der Waals surface area contributed by atoms with Crippen molar-refractivity contribution >= 4 is 12.1 Å². The second-order valence-corrected chi connectivity index (χ2v) is 7.92. The van der Waals surface area contributed by atoms with Crippen LogP contribution >= 0.6 is 0 Å². The van der Waals surface area contributed by atoms with E-state index in [4.69, 9.17) is 28.1 Å². The molecular weight excluding hydrogens is 464 g/mol. The number of nitriles is 1. The van der Waals surface area contributed by atoms with E-state index in [0.717, 1.165) is 0 Å². The Morgan fingerprint density at radius 2 is 1.56 bits per heavy atom. The number of ether oxygens (including phenoxy) is 5. The topological polar surface area (TPSA) is 116 Å². The number of phenolic OH excluding ortho intramolecular Hbond substituents is 1. The maximum absolute atomic E-state index is 10.1. The van der Waals surface area contributed by atoms with Gasteiger partial charge >= 0.3 is 0 Å². The van der Waals surface area contributed by atoms with Crippen LogP contribution in [-0.4, -0.2) is 32.0 Å². The van der Waals surface area contributed by atoms with E-state index in [9.17, 15) is 10.4 Å². The number of phenols is 1. The first-order valence-corrected chi connectivity index (χ1v) is 10.9. The largest absolute Gasteiger partial charge is 0.504 e. The number of methoxy groups -OCH3 is 1. The van der Waals surface area contributed by atoms with Gasteiger partial charge in [-0.25, -0.2) is 4.99 Å². The van der Waals surface area contributed by atoms with Crippen molar-refractivity contribution in [2.24, 2.45) is 4.99 Å². The molecule has 178 valence electrons. The van der Waals surface area contributed by atoms with Gasteiger partial charge in [0.05, 0.1) is 7.11 Å². The van der Waals surface area contributed by atoms with E-state index >= 15 is 0 Å². The van der Waals surface area contributed by atoms with Gasteiger partial charge in [0.1, 0.15) is 17.4 Å². The Morgan fingerprint density at radius 3 is 2.25 bits per heavy atom. The van der Waals surface area contributed by atoms with Crippen molar-refractivity contribution in [3.05, 3.63) is 65.7 Å². The molecule has 0 radical (unpaired) electrons. The number of fused-ring (bicyclic) bond motifs is 2. The Hall–Kier alpha value is -5.10. The number of nitrogens with zero attached hydrogens (tertiary/aromatic N) is 2. The average Bonchev–Trinajstić information content (AvgIpc) is 3.65. The highest BCUT2D eigenvalue weighted by atomic mass is 16.7. The number of benzene rings is 3. The van der Waals surface area contributed by atoms with E-state index in [-0.39, 0.29) is 30.8 Å². The lowest BCUT2D eigenvalue weighted by molar-refractivity contribution is 0.173. The number of hydrogen-bond donors (Lipinski definition) is 1. The molecule has 2 aliphatic heterocycles. The molecule has 3 aromatic carbocycles. The van der Waals surface area contributed by atoms with E-state index in [2.05, 4.69) is 11.1 Å². The van der Waals surface area contributed by atoms with Crippen molar-refractivity contribution in [2.45, 2.75) is 0 Å². The van der Waals surface area contributed by atoms with Gasteiger partial charge in [-0.3, -0.25) is 0 Å². The number of aromatic hydroxyl groups is 1. The summed E-state index contributed by atoms with van der Waals surface area (Å²) in [5.41, 5.74) is 2.86. The Bertz CT molecular complexity index is 1570. The van der Waals surface area contributed by atoms with Gasteiger partial charge in [0.2, 0.25) is 19.5 Å². The van der Waals surface area contributed by atoms with Crippen molar-refractivity contribution in [3.63, 3.8) is 0 Å². The highest BCUT2D eigenvalue weighted by Crippen LogP contribution is 2.47. The quantitative estimate of drug-likeness (QED) is 0.376. The molecule has 4 aromatic rings. The van der Waals surface area contributed by atoms with Crippen LogP contribution in [0.25, 0.3) is 22.5 Å². The molecule has 1 aromatic heterocycles. The van der Waals surface area contributed by atoms with Gasteiger partial charge in [0, 0.05) is 17.3 Å². The predicted molar refractivity (Wildman–Crippen MR) is 128 cm³/mol. The molecule has 36 heavy (non-hydrogen) atoms. The average molecular weight is 482 g/mol. The summed E-state index contributed by atoms with van der Waals surface area (Å²) >= 11 is 0. The van der Waals surface area contributed by atoms with Gasteiger partial charge in [-0.1, -0.05) is 6.07 Å². The van der Waals surface area contributed by atoms with E-state index in [1.165, 1.54) is 19.4 Å². The Kier molecular flexibility index (Phi) is 5.12. The molecule has 0 saturated carbocycles. The van der Waals surface area contributed by atoms with Gasteiger partial charge in [-0.2, -0.15) is 5.26 Å². The highest BCUT2D eigenvalue weighted by Gasteiger charge is 2.26. The third-order valence-corrected chi connectivity index (χ3v) is 5.83. The summed E-state index contributed by atoms with van der Waals surface area (Å²) in [6.07, 6.45) is 1.54. The minimum atomic E-state index is 0.0144. The summed E-state index contributed by atoms with van der Waals surface area (Å²) in [5.74, 6) is 3.32. The fourth-order valence-electron chi connectivity index (χ4n) is 4.09. The number of aliphatic imine (C=N–C) groups is 1. The third kappa shape index (κ3) is 3.61.